The van der Waals surface area contributed by atoms with Crippen molar-refractivity contribution in [3.63, 3.8) is 0 Å². The molecule has 1 atom stereocenters. The summed E-state index contributed by atoms with van der Waals surface area (Å²) in [7, 11) is 2.07. The molecule has 1 aromatic rings. The fourth-order valence-electron chi connectivity index (χ4n) is 1.80. The van der Waals surface area contributed by atoms with Crippen molar-refractivity contribution < 1.29 is 0 Å². The van der Waals surface area contributed by atoms with Gasteiger partial charge in [0.1, 0.15) is 0 Å². The maximum Gasteiger partial charge on any atom is 0.0410 e. The van der Waals surface area contributed by atoms with Crippen LogP contribution in [-0.4, -0.2) is 18.5 Å². The van der Waals surface area contributed by atoms with Gasteiger partial charge in [-0.25, -0.2) is 0 Å². The minimum absolute atomic E-state index is 0.263. The van der Waals surface area contributed by atoms with E-state index in [0.717, 1.165) is 22.5 Å². The van der Waals surface area contributed by atoms with E-state index in [1.54, 1.807) is 0 Å². The van der Waals surface area contributed by atoms with E-state index in [1.807, 2.05) is 30.4 Å². The van der Waals surface area contributed by atoms with Gasteiger partial charge in [0.15, 0.2) is 0 Å². The molecule has 0 radical (unpaired) electrons. The number of hydrogen-bond acceptors (Lipinski definition) is 1. The molecule has 0 saturated heterocycles. The third-order valence-electron chi connectivity index (χ3n) is 2.66. The van der Waals surface area contributed by atoms with E-state index in [2.05, 4.69) is 41.0 Å². The average Bonchev–Trinajstić information content (AvgIpc) is 2.30. The van der Waals surface area contributed by atoms with Gasteiger partial charge in [-0.05, 0) is 37.2 Å². The Hall–Kier alpha value is -0.570. The highest BCUT2D eigenvalue weighted by Gasteiger charge is 2.17. The summed E-state index contributed by atoms with van der Waals surface area (Å²) in [6.07, 6.45) is 4.70. The Balaban J connectivity index is 3.07. The summed E-state index contributed by atoms with van der Waals surface area (Å²) in [6, 6.07) is 6.13. The lowest BCUT2D eigenvalue weighted by Gasteiger charge is -2.27. The van der Waals surface area contributed by atoms with Gasteiger partial charge in [-0.2, -0.15) is 0 Å². The zero-order valence-electron chi connectivity index (χ0n) is 10.00. The van der Waals surface area contributed by atoms with Crippen LogP contribution in [0.4, 0.5) is 0 Å². The molecule has 0 saturated carbocycles. The van der Waals surface area contributed by atoms with Crippen LogP contribution in [0.15, 0.2) is 48.0 Å². The van der Waals surface area contributed by atoms with E-state index in [0.29, 0.717) is 0 Å². The first kappa shape index (κ1) is 14.5. The molecule has 1 unspecified atom stereocenters. The molecule has 1 rings (SSSR count). The van der Waals surface area contributed by atoms with Crippen LogP contribution in [0.2, 0.25) is 5.02 Å². The molecule has 1 aromatic carbocycles. The molecule has 0 N–H and O–H groups in total. The third-order valence-corrected chi connectivity index (χ3v) is 3.61. The Bertz CT molecular complexity index is 403. The smallest absolute Gasteiger partial charge is 0.0410 e. The van der Waals surface area contributed by atoms with Crippen molar-refractivity contribution in [3.05, 3.63) is 58.6 Å². The lowest BCUT2D eigenvalue weighted by molar-refractivity contribution is 0.271. The van der Waals surface area contributed by atoms with Crippen LogP contribution in [0.1, 0.15) is 18.0 Å². The van der Waals surface area contributed by atoms with E-state index < -0.39 is 0 Å². The van der Waals surface area contributed by atoms with Crippen molar-refractivity contribution in [1.82, 2.24) is 4.90 Å². The topological polar surface area (TPSA) is 3.24 Å². The molecule has 0 aliphatic rings. The minimum Gasteiger partial charge on any atom is -0.295 e. The fraction of sp³-hybridized carbons (Fsp3) is 0.286. The molecule has 3 heteroatoms. The second kappa shape index (κ2) is 7.00. The van der Waals surface area contributed by atoms with Gasteiger partial charge < -0.3 is 0 Å². The molecule has 0 bridgehead atoms. The highest BCUT2D eigenvalue weighted by atomic mass is 79.9. The van der Waals surface area contributed by atoms with Crippen LogP contribution in [0.5, 0.6) is 0 Å². The molecule has 17 heavy (non-hydrogen) atoms. The van der Waals surface area contributed by atoms with Crippen LogP contribution < -0.4 is 0 Å². The second-order valence-electron chi connectivity index (χ2n) is 3.93. The zero-order valence-corrected chi connectivity index (χ0v) is 12.3. The Morgan fingerprint density at radius 1 is 1.41 bits per heavy atom. The van der Waals surface area contributed by atoms with E-state index in [1.165, 1.54) is 5.56 Å². The largest absolute Gasteiger partial charge is 0.295 e. The predicted octanol–water partition coefficient (Wildman–Crippen LogP) is 4.84. The van der Waals surface area contributed by atoms with E-state index in [9.17, 15) is 0 Å². The SMILES string of the molecule is C=CCC(c1cc(Cl)ccc1Br)N(C)CC=C. The summed E-state index contributed by atoms with van der Waals surface area (Å²) in [5.41, 5.74) is 1.18. The fourth-order valence-corrected chi connectivity index (χ4v) is 2.49. The van der Waals surface area contributed by atoms with Gasteiger partial charge in [0.05, 0.1) is 0 Å². The first-order valence-corrected chi connectivity index (χ1v) is 6.64. The van der Waals surface area contributed by atoms with Gasteiger partial charge in [-0.15, -0.1) is 13.2 Å². The maximum atomic E-state index is 6.06. The highest BCUT2D eigenvalue weighted by molar-refractivity contribution is 9.10. The lowest BCUT2D eigenvalue weighted by Crippen LogP contribution is -2.24. The summed E-state index contributed by atoms with van der Waals surface area (Å²) in [5, 5.41) is 0.754. The number of nitrogens with zero attached hydrogens (tertiary/aromatic N) is 1. The van der Waals surface area contributed by atoms with Gasteiger partial charge in [0, 0.05) is 22.1 Å². The molecule has 0 fully saturated rings. The first-order chi connectivity index (χ1) is 8.10. The second-order valence-corrected chi connectivity index (χ2v) is 5.23. The maximum absolute atomic E-state index is 6.06. The molecule has 0 aromatic heterocycles. The van der Waals surface area contributed by atoms with Crippen molar-refractivity contribution in [2.45, 2.75) is 12.5 Å². The van der Waals surface area contributed by atoms with Gasteiger partial charge in [-0.1, -0.05) is 39.7 Å². The molecule has 0 aliphatic heterocycles. The zero-order chi connectivity index (χ0) is 12.8. The number of hydrogen-bond donors (Lipinski definition) is 0. The van der Waals surface area contributed by atoms with Crippen molar-refractivity contribution in [1.29, 1.82) is 0 Å². The van der Waals surface area contributed by atoms with Crippen LogP contribution in [0, 0.1) is 0 Å². The van der Waals surface area contributed by atoms with Crippen LogP contribution >= 0.6 is 27.5 Å². The van der Waals surface area contributed by atoms with E-state index >= 15 is 0 Å². The van der Waals surface area contributed by atoms with Gasteiger partial charge in [0.25, 0.3) is 0 Å². The average molecular weight is 315 g/mol. The third kappa shape index (κ3) is 3.98. The standard InChI is InChI=1S/C14H17BrClN/c1-4-6-14(17(3)9-5-2)12-10-11(16)7-8-13(12)15/h4-5,7-8,10,14H,1-2,6,9H2,3H3. The summed E-state index contributed by atoms with van der Waals surface area (Å²) < 4.78 is 1.07. The molecular weight excluding hydrogens is 298 g/mol. The van der Waals surface area contributed by atoms with Crippen LogP contribution in [0.25, 0.3) is 0 Å². The summed E-state index contributed by atoms with van der Waals surface area (Å²) in [5.74, 6) is 0. The van der Waals surface area contributed by atoms with Crippen molar-refractivity contribution >= 4 is 27.5 Å². The molecule has 0 heterocycles. The van der Waals surface area contributed by atoms with E-state index in [-0.39, 0.29) is 6.04 Å². The summed E-state index contributed by atoms with van der Waals surface area (Å²) in [4.78, 5) is 2.23. The Morgan fingerprint density at radius 2 is 2.12 bits per heavy atom. The van der Waals surface area contributed by atoms with Crippen LogP contribution in [0.3, 0.4) is 0 Å². The molecule has 0 amide bonds. The number of likely N-dealkylation sites (N-methyl/N-ethyl adjacent to an activating group) is 1. The number of halogens is 2. The molecular formula is C14H17BrClN. The quantitative estimate of drug-likeness (QED) is 0.679. The van der Waals surface area contributed by atoms with Gasteiger partial charge in [0.2, 0.25) is 0 Å². The Kier molecular flexibility index (Phi) is 5.96. The molecule has 0 spiro atoms. The van der Waals surface area contributed by atoms with E-state index in [4.69, 9.17) is 11.6 Å². The minimum atomic E-state index is 0.263. The van der Waals surface area contributed by atoms with Crippen molar-refractivity contribution in [2.75, 3.05) is 13.6 Å². The number of rotatable bonds is 6. The van der Waals surface area contributed by atoms with Crippen molar-refractivity contribution in [2.24, 2.45) is 0 Å². The lowest BCUT2D eigenvalue weighted by atomic mass is 10.0. The molecule has 1 nitrogen and oxygen atoms in total. The summed E-state index contributed by atoms with van der Waals surface area (Å²) in [6.45, 7) is 8.42. The first-order valence-electron chi connectivity index (χ1n) is 5.47. The summed E-state index contributed by atoms with van der Waals surface area (Å²) >= 11 is 9.63. The Morgan fingerprint density at radius 3 is 2.71 bits per heavy atom. The Labute approximate surface area is 117 Å². The van der Waals surface area contributed by atoms with Gasteiger partial charge in [-0.3, -0.25) is 4.90 Å². The monoisotopic (exact) mass is 313 g/mol. The molecule has 92 valence electrons. The van der Waals surface area contributed by atoms with Crippen LogP contribution in [-0.2, 0) is 0 Å². The normalized spacial score (nSPS) is 12.5. The molecule has 0 aliphatic carbocycles. The number of benzene rings is 1. The predicted molar refractivity (Wildman–Crippen MR) is 79.5 cm³/mol. The van der Waals surface area contributed by atoms with Gasteiger partial charge >= 0.3 is 0 Å². The van der Waals surface area contributed by atoms with Crippen molar-refractivity contribution in [3.8, 4) is 0 Å². The highest BCUT2D eigenvalue weighted by Crippen LogP contribution is 2.32.